The van der Waals surface area contributed by atoms with Gasteiger partial charge in [0.1, 0.15) is 0 Å². The lowest BCUT2D eigenvalue weighted by Crippen LogP contribution is -2.35. The van der Waals surface area contributed by atoms with E-state index in [2.05, 4.69) is 5.32 Å². The summed E-state index contributed by atoms with van der Waals surface area (Å²) in [4.78, 5) is 26.1. The van der Waals surface area contributed by atoms with Crippen molar-refractivity contribution in [1.82, 2.24) is 10.2 Å². The maximum absolute atomic E-state index is 12.5. The van der Waals surface area contributed by atoms with Gasteiger partial charge < -0.3 is 10.2 Å². The highest BCUT2D eigenvalue weighted by Crippen LogP contribution is 2.32. The summed E-state index contributed by atoms with van der Waals surface area (Å²) in [5.74, 6) is -0.281. The molecule has 2 aromatic carbocycles. The second-order valence-electron chi connectivity index (χ2n) is 6.88. The van der Waals surface area contributed by atoms with E-state index in [-0.39, 0.29) is 29.2 Å². The lowest BCUT2D eigenvalue weighted by molar-refractivity contribution is -0.129. The average molecular weight is 413 g/mol. The largest absolute Gasteiger partial charge is 0.356 e. The van der Waals surface area contributed by atoms with E-state index >= 15 is 0 Å². The van der Waals surface area contributed by atoms with Crippen molar-refractivity contribution in [2.75, 3.05) is 6.54 Å². The molecule has 3 N–H and O–H groups in total. The number of primary sulfonamides is 1. The summed E-state index contributed by atoms with van der Waals surface area (Å²) in [6.07, 6.45) is 4.30. The predicted molar refractivity (Wildman–Crippen MR) is 110 cm³/mol. The zero-order valence-electron chi connectivity index (χ0n) is 16.0. The van der Waals surface area contributed by atoms with Crippen molar-refractivity contribution in [2.24, 2.45) is 5.14 Å². The molecule has 29 heavy (non-hydrogen) atoms. The Bertz CT molecular complexity index is 1050. The third kappa shape index (κ3) is 5.10. The summed E-state index contributed by atoms with van der Waals surface area (Å²) >= 11 is 0. The summed E-state index contributed by atoms with van der Waals surface area (Å²) in [6, 6.07) is 13.6. The van der Waals surface area contributed by atoms with E-state index in [0.29, 0.717) is 13.0 Å². The molecule has 1 atom stereocenters. The second kappa shape index (κ2) is 8.59. The normalized spacial score (nSPS) is 15.7. The number of amides is 2. The van der Waals surface area contributed by atoms with Gasteiger partial charge in [-0.2, -0.15) is 0 Å². The highest BCUT2D eigenvalue weighted by atomic mass is 32.2. The molecule has 7 nitrogen and oxygen atoms in total. The number of carbonyl (C=O) groups excluding carboxylic acids is 2. The smallest absolute Gasteiger partial charge is 0.238 e. The van der Waals surface area contributed by atoms with E-state index in [1.807, 2.05) is 30.3 Å². The first-order valence-electron chi connectivity index (χ1n) is 9.20. The van der Waals surface area contributed by atoms with Crippen LogP contribution >= 0.6 is 0 Å². The van der Waals surface area contributed by atoms with E-state index in [1.54, 1.807) is 23.2 Å². The van der Waals surface area contributed by atoms with Crippen molar-refractivity contribution in [3.63, 3.8) is 0 Å². The highest BCUT2D eigenvalue weighted by molar-refractivity contribution is 7.89. The zero-order valence-corrected chi connectivity index (χ0v) is 16.9. The van der Waals surface area contributed by atoms with Gasteiger partial charge in [-0.25, -0.2) is 13.6 Å². The molecule has 8 heteroatoms. The number of hydrogen-bond acceptors (Lipinski definition) is 4. The molecule has 0 fully saturated rings. The molecule has 0 bridgehead atoms. The molecule has 2 amide bonds. The summed E-state index contributed by atoms with van der Waals surface area (Å²) in [6.45, 7) is 1.88. The van der Waals surface area contributed by atoms with Gasteiger partial charge in [0.05, 0.1) is 17.4 Å². The van der Waals surface area contributed by atoms with Crippen LogP contribution in [-0.2, 0) is 26.0 Å². The Morgan fingerprint density at radius 1 is 1.10 bits per heavy atom. The Morgan fingerprint density at radius 2 is 1.79 bits per heavy atom. The molecule has 1 aliphatic heterocycles. The number of nitrogens with zero attached hydrogens (tertiary/aromatic N) is 1. The van der Waals surface area contributed by atoms with Crippen molar-refractivity contribution < 1.29 is 18.0 Å². The van der Waals surface area contributed by atoms with Crippen LogP contribution in [0.1, 0.15) is 36.1 Å². The quantitative estimate of drug-likeness (QED) is 0.754. The van der Waals surface area contributed by atoms with E-state index in [4.69, 9.17) is 5.14 Å². The first kappa shape index (κ1) is 20.8. The average Bonchev–Trinajstić information content (AvgIpc) is 2.67. The van der Waals surface area contributed by atoms with Crippen molar-refractivity contribution in [1.29, 1.82) is 0 Å². The van der Waals surface area contributed by atoms with Gasteiger partial charge in [-0.05, 0) is 41.3 Å². The highest BCUT2D eigenvalue weighted by Gasteiger charge is 2.27. The Labute approximate surface area is 170 Å². The lowest BCUT2D eigenvalue weighted by atomic mass is 9.93. The molecule has 1 unspecified atom stereocenters. The van der Waals surface area contributed by atoms with Gasteiger partial charge in [-0.15, -0.1) is 0 Å². The van der Waals surface area contributed by atoms with E-state index < -0.39 is 10.0 Å². The molecule has 0 aromatic heterocycles. The fourth-order valence-corrected chi connectivity index (χ4v) is 3.87. The minimum absolute atomic E-state index is 0.0543. The van der Waals surface area contributed by atoms with Crippen LogP contribution < -0.4 is 10.5 Å². The topological polar surface area (TPSA) is 110 Å². The molecule has 0 saturated carbocycles. The van der Waals surface area contributed by atoms with Crippen LogP contribution in [0.5, 0.6) is 0 Å². The SMILES string of the molecule is CC(=O)N1C=Cc2ccccc2C1CC(=O)NCCc1ccc(S(N)(=O)=O)cc1. The molecule has 152 valence electrons. The van der Waals surface area contributed by atoms with Crippen LogP contribution in [0.4, 0.5) is 0 Å². The maximum atomic E-state index is 12.5. The molecular weight excluding hydrogens is 390 g/mol. The fourth-order valence-electron chi connectivity index (χ4n) is 3.35. The molecule has 0 radical (unpaired) electrons. The predicted octanol–water partition coefficient (Wildman–Crippen LogP) is 1.96. The standard InChI is InChI=1S/C21H23N3O4S/c1-15(25)24-13-11-17-4-2-3-5-19(17)20(24)14-21(26)23-12-10-16-6-8-18(9-7-16)29(22,27)28/h2-9,11,13,20H,10,12,14H2,1H3,(H,23,26)(H2,22,27,28). The van der Waals surface area contributed by atoms with Crippen LogP contribution in [-0.4, -0.2) is 31.7 Å². The molecule has 0 aliphatic carbocycles. The zero-order chi connectivity index (χ0) is 21.0. The van der Waals surface area contributed by atoms with Crippen molar-refractivity contribution in [3.05, 3.63) is 71.4 Å². The van der Waals surface area contributed by atoms with Gasteiger partial charge in [0.25, 0.3) is 0 Å². The monoisotopic (exact) mass is 413 g/mol. The number of hydrogen-bond donors (Lipinski definition) is 2. The maximum Gasteiger partial charge on any atom is 0.238 e. The molecular formula is C21H23N3O4S. The minimum Gasteiger partial charge on any atom is -0.356 e. The number of nitrogens with one attached hydrogen (secondary N) is 1. The number of rotatable bonds is 6. The lowest BCUT2D eigenvalue weighted by Gasteiger charge is -2.32. The molecule has 2 aromatic rings. The summed E-state index contributed by atoms with van der Waals surface area (Å²) in [5, 5.41) is 7.95. The summed E-state index contributed by atoms with van der Waals surface area (Å²) in [5.41, 5.74) is 2.82. The van der Waals surface area contributed by atoms with Crippen LogP contribution in [0.25, 0.3) is 6.08 Å². The fraction of sp³-hybridized carbons (Fsp3) is 0.238. The first-order chi connectivity index (χ1) is 13.8. The number of carbonyl (C=O) groups is 2. The summed E-state index contributed by atoms with van der Waals surface area (Å²) in [7, 11) is -3.71. The van der Waals surface area contributed by atoms with Gasteiger partial charge in [0, 0.05) is 19.7 Å². The number of sulfonamides is 1. The third-order valence-electron chi connectivity index (χ3n) is 4.84. The third-order valence-corrected chi connectivity index (χ3v) is 5.76. The second-order valence-corrected chi connectivity index (χ2v) is 8.44. The Hall–Kier alpha value is -2.97. The minimum atomic E-state index is -3.71. The molecule has 3 rings (SSSR count). The van der Waals surface area contributed by atoms with E-state index in [0.717, 1.165) is 16.7 Å². The van der Waals surface area contributed by atoms with Crippen LogP contribution in [0, 0.1) is 0 Å². The van der Waals surface area contributed by atoms with Crippen molar-refractivity contribution >= 4 is 27.9 Å². The van der Waals surface area contributed by atoms with Gasteiger partial charge in [0.2, 0.25) is 21.8 Å². The van der Waals surface area contributed by atoms with Crippen LogP contribution in [0.2, 0.25) is 0 Å². The van der Waals surface area contributed by atoms with Crippen molar-refractivity contribution in [2.45, 2.75) is 30.7 Å². The number of fused-ring (bicyclic) bond motifs is 1. The van der Waals surface area contributed by atoms with Gasteiger partial charge in [-0.1, -0.05) is 36.4 Å². The van der Waals surface area contributed by atoms with E-state index in [1.165, 1.54) is 19.1 Å². The van der Waals surface area contributed by atoms with E-state index in [9.17, 15) is 18.0 Å². The number of nitrogens with two attached hydrogens (primary N) is 1. The van der Waals surface area contributed by atoms with Gasteiger partial charge in [-0.3, -0.25) is 9.59 Å². The van der Waals surface area contributed by atoms with Gasteiger partial charge in [0.15, 0.2) is 0 Å². The van der Waals surface area contributed by atoms with Crippen molar-refractivity contribution in [3.8, 4) is 0 Å². The first-order valence-corrected chi connectivity index (χ1v) is 10.7. The summed E-state index contributed by atoms with van der Waals surface area (Å²) < 4.78 is 22.6. The molecule has 0 spiro atoms. The molecule has 1 heterocycles. The number of benzene rings is 2. The Morgan fingerprint density at radius 3 is 2.45 bits per heavy atom. The molecule has 0 saturated heterocycles. The molecule has 1 aliphatic rings. The van der Waals surface area contributed by atoms with Gasteiger partial charge >= 0.3 is 0 Å². The Balaban J connectivity index is 1.60. The Kier molecular flexibility index (Phi) is 6.14. The van der Waals surface area contributed by atoms with Crippen LogP contribution in [0.3, 0.4) is 0 Å². The van der Waals surface area contributed by atoms with Crippen LogP contribution in [0.15, 0.2) is 59.6 Å².